The van der Waals surface area contributed by atoms with Crippen molar-refractivity contribution in [2.24, 2.45) is 0 Å². The fraction of sp³-hybridized carbons (Fsp3) is 0.211. The summed E-state index contributed by atoms with van der Waals surface area (Å²) in [7, 11) is 1.45. The number of benzene rings is 2. The van der Waals surface area contributed by atoms with Gasteiger partial charge < -0.3 is 5.32 Å². The largest absolute Gasteiger partial charge is 0.417 e. The number of anilines is 1. The van der Waals surface area contributed by atoms with Gasteiger partial charge in [0.2, 0.25) is 5.91 Å². The first-order chi connectivity index (χ1) is 14.5. The van der Waals surface area contributed by atoms with Gasteiger partial charge in [0, 0.05) is 16.3 Å². The number of carbonyl (C=O) groups is 3. The van der Waals surface area contributed by atoms with Crippen LogP contribution in [0, 0.1) is 0 Å². The molecule has 0 aliphatic rings. The van der Waals surface area contributed by atoms with Crippen LogP contribution in [0.25, 0.3) is 0 Å². The first-order valence-electron chi connectivity index (χ1n) is 8.65. The predicted molar refractivity (Wildman–Crippen MR) is 110 cm³/mol. The van der Waals surface area contributed by atoms with E-state index in [1.165, 1.54) is 42.3 Å². The molecule has 0 spiro atoms. The molecule has 12 heteroatoms. The molecule has 0 saturated heterocycles. The van der Waals surface area contributed by atoms with E-state index in [9.17, 15) is 27.6 Å². The van der Waals surface area contributed by atoms with Crippen LogP contribution in [-0.2, 0) is 15.8 Å². The normalized spacial score (nSPS) is 11.2. The first-order valence-corrected chi connectivity index (χ1v) is 9.41. The molecular weight excluding hydrogens is 460 g/mol. The monoisotopic (exact) mass is 476 g/mol. The maximum Gasteiger partial charge on any atom is 0.417 e. The summed E-state index contributed by atoms with van der Waals surface area (Å²) >= 11 is 11.3. The van der Waals surface area contributed by atoms with Gasteiger partial charge in [-0.3, -0.25) is 30.1 Å². The molecule has 0 bridgehead atoms. The lowest BCUT2D eigenvalue weighted by molar-refractivity contribution is -0.137. The Morgan fingerprint density at radius 2 is 1.55 bits per heavy atom. The molecule has 0 aliphatic carbocycles. The topological polar surface area (TPSA) is 90.5 Å². The Labute approximate surface area is 185 Å². The standard InChI is InChI=1S/C19H17Cl2F3N4O3/c1-28(10-17(30)26-27-18(31)11-2-4-12(20)5-3-11)9-16(29)25-13-6-7-15(21)14(8-13)19(22,23)24/h2-8H,9-10H2,1H3,(H,25,29)(H,26,30)(H,27,31). The molecule has 0 radical (unpaired) electrons. The number of hydrogen-bond acceptors (Lipinski definition) is 4. The van der Waals surface area contributed by atoms with E-state index in [2.05, 4.69) is 16.2 Å². The average Bonchev–Trinajstić information content (AvgIpc) is 2.67. The van der Waals surface area contributed by atoms with Crippen LogP contribution in [0.4, 0.5) is 18.9 Å². The highest BCUT2D eigenvalue weighted by Crippen LogP contribution is 2.36. The number of hydrogen-bond donors (Lipinski definition) is 3. The van der Waals surface area contributed by atoms with E-state index >= 15 is 0 Å². The molecule has 3 N–H and O–H groups in total. The summed E-state index contributed by atoms with van der Waals surface area (Å²) in [6, 6.07) is 8.96. The fourth-order valence-corrected chi connectivity index (χ4v) is 2.76. The van der Waals surface area contributed by atoms with Gasteiger partial charge >= 0.3 is 6.18 Å². The molecule has 0 heterocycles. The molecule has 0 atom stereocenters. The van der Waals surface area contributed by atoms with Crippen molar-refractivity contribution in [3.8, 4) is 0 Å². The minimum Gasteiger partial charge on any atom is -0.325 e. The third kappa shape index (κ3) is 7.74. The lowest BCUT2D eigenvalue weighted by Crippen LogP contribution is -2.46. The number of likely N-dealkylation sites (N-methyl/N-ethyl adjacent to an activating group) is 1. The van der Waals surface area contributed by atoms with Crippen molar-refractivity contribution in [1.82, 2.24) is 15.8 Å². The maximum absolute atomic E-state index is 12.9. The number of rotatable bonds is 6. The molecule has 31 heavy (non-hydrogen) atoms. The van der Waals surface area contributed by atoms with Gasteiger partial charge in [-0.05, 0) is 49.5 Å². The molecule has 0 aromatic heterocycles. The van der Waals surface area contributed by atoms with Gasteiger partial charge in [0.05, 0.1) is 23.7 Å². The summed E-state index contributed by atoms with van der Waals surface area (Å²) in [6.45, 7) is -0.550. The van der Waals surface area contributed by atoms with E-state index in [1.807, 2.05) is 0 Å². The molecule has 2 rings (SSSR count). The number of nitrogens with zero attached hydrogens (tertiary/aromatic N) is 1. The van der Waals surface area contributed by atoms with Crippen molar-refractivity contribution < 1.29 is 27.6 Å². The van der Waals surface area contributed by atoms with Crippen molar-refractivity contribution in [3.63, 3.8) is 0 Å². The van der Waals surface area contributed by atoms with Gasteiger partial charge in [0.25, 0.3) is 11.8 Å². The zero-order valence-corrected chi connectivity index (χ0v) is 17.5. The number of amides is 3. The minimum atomic E-state index is -4.66. The van der Waals surface area contributed by atoms with Crippen molar-refractivity contribution in [3.05, 3.63) is 63.6 Å². The summed E-state index contributed by atoms with van der Waals surface area (Å²) in [6.07, 6.45) is -4.66. The Morgan fingerprint density at radius 1 is 0.935 bits per heavy atom. The van der Waals surface area contributed by atoms with Gasteiger partial charge in [0.15, 0.2) is 0 Å². The maximum atomic E-state index is 12.9. The number of carbonyl (C=O) groups excluding carboxylic acids is 3. The van der Waals surface area contributed by atoms with Gasteiger partial charge in [-0.1, -0.05) is 23.2 Å². The Balaban J connectivity index is 1.81. The van der Waals surface area contributed by atoms with Crippen LogP contribution in [0.5, 0.6) is 0 Å². The second-order valence-electron chi connectivity index (χ2n) is 6.42. The van der Waals surface area contributed by atoms with Crippen molar-refractivity contribution in [1.29, 1.82) is 0 Å². The van der Waals surface area contributed by atoms with Gasteiger partial charge in [0.1, 0.15) is 0 Å². The van der Waals surface area contributed by atoms with E-state index in [-0.39, 0.29) is 24.3 Å². The molecule has 0 unspecified atom stereocenters. The van der Waals surface area contributed by atoms with Crippen LogP contribution in [0.2, 0.25) is 10.0 Å². The highest BCUT2D eigenvalue weighted by atomic mass is 35.5. The van der Waals surface area contributed by atoms with Crippen molar-refractivity contribution in [2.75, 3.05) is 25.5 Å². The highest BCUT2D eigenvalue weighted by Gasteiger charge is 2.33. The lowest BCUT2D eigenvalue weighted by atomic mass is 10.2. The Kier molecular flexibility index (Phi) is 8.26. The van der Waals surface area contributed by atoms with Crippen LogP contribution in [0.15, 0.2) is 42.5 Å². The molecule has 2 aromatic carbocycles. The summed E-state index contributed by atoms with van der Waals surface area (Å²) in [4.78, 5) is 37.2. The fourth-order valence-electron chi connectivity index (χ4n) is 2.41. The van der Waals surface area contributed by atoms with Crippen LogP contribution in [0.3, 0.4) is 0 Å². The molecule has 7 nitrogen and oxygen atoms in total. The van der Waals surface area contributed by atoms with Gasteiger partial charge in [-0.2, -0.15) is 13.2 Å². The molecule has 0 aliphatic heterocycles. The quantitative estimate of drug-likeness (QED) is 0.557. The smallest absolute Gasteiger partial charge is 0.325 e. The SMILES string of the molecule is CN(CC(=O)NNC(=O)c1ccc(Cl)cc1)CC(=O)Nc1ccc(Cl)c(C(F)(F)F)c1. The molecule has 3 amide bonds. The van der Waals surface area contributed by atoms with Gasteiger partial charge in [-0.25, -0.2) is 0 Å². The van der Waals surface area contributed by atoms with Crippen molar-refractivity contribution >= 4 is 46.6 Å². The second-order valence-corrected chi connectivity index (χ2v) is 7.27. The molecular formula is C19H17Cl2F3N4O3. The molecule has 0 saturated carbocycles. The zero-order valence-electron chi connectivity index (χ0n) is 16.0. The third-order valence-corrected chi connectivity index (χ3v) is 4.39. The van der Waals surface area contributed by atoms with Crippen LogP contribution < -0.4 is 16.2 Å². The Bertz CT molecular complexity index is 969. The molecule has 0 fully saturated rings. The van der Waals surface area contributed by atoms with E-state index in [0.717, 1.165) is 12.1 Å². The van der Waals surface area contributed by atoms with Crippen LogP contribution in [-0.4, -0.2) is 42.8 Å². The Hall–Kier alpha value is -2.82. The summed E-state index contributed by atoms with van der Waals surface area (Å²) in [5.41, 5.74) is 3.53. The van der Waals surface area contributed by atoms with E-state index in [4.69, 9.17) is 23.2 Å². The minimum absolute atomic E-state index is 0.0881. The highest BCUT2D eigenvalue weighted by molar-refractivity contribution is 6.31. The lowest BCUT2D eigenvalue weighted by Gasteiger charge is -2.17. The summed E-state index contributed by atoms with van der Waals surface area (Å²) < 4.78 is 38.7. The second kappa shape index (κ2) is 10.5. The third-order valence-electron chi connectivity index (χ3n) is 3.80. The van der Waals surface area contributed by atoms with Crippen molar-refractivity contribution in [2.45, 2.75) is 6.18 Å². The number of alkyl halides is 3. The van der Waals surface area contributed by atoms with E-state index in [1.54, 1.807) is 0 Å². The molecule has 166 valence electrons. The number of hydrazine groups is 1. The Morgan fingerprint density at radius 3 is 2.16 bits per heavy atom. The number of nitrogens with one attached hydrogen (secondary N) is 3. The van der Waals surface area contributed by atoms with Gasteiger partial charge in [-0.15, -0.1) is 0 Å². The number of halogens is 5. The van der Waals surface area contributed by atoms with E-state index in [0.29, 0.717) is 5.02 Å². The first kappa shape index (κ1) is 24.4. The summed E-state index contributed by atoms with van der Waals surface area (Å²) in [5.74, 6) is -1.81. The summed E-state index contributed by atoms with van der Waals surface area (Å²) in [5, 5.41) is 2.28. The average molecular weight is 477 g/mol. The molecule has 2 aromatic rings. The zero-order chi connectivity index (χ0) is 23.2. The van der Waals surface area contributed by atoms with Crippen LogP contribution in [0.1, 0.15) is 15.9 Å². The van der Waals surface area contributed by atoms with Crippen LogP contribution >= 0.6 is 23.2 Å². The predicted octanol–water partition coefficient (Wildman–Crippen LogP) is 3.34. The van der Waals surface area contributed by atoms with E-state index < -0.39 is 34.5 Å².